The van der Waals surface area contributed by atoms with Gasteiger partial charge < -0.3 is 5.32 Å². The summed E-state index contributed by atoms with van der Waals surface area (Å²) in [5.74, 6) is -0.798. The predicted molar refractivity (Wildman–Crippen MR) is 81.2 cm³/mol. The van der Waals surface area contributed by atoms with Crippen LogP contribution in [0.15, 0.2) is 46.9 Å². The average Bonchev–Trinajstić information content (AvgIpc) is 2.35. The van der Waals surface area contributed by atoms with Crippen LogP contribution in [-0.4, -0.2) is 5.91 Å². The minimum absolute atomic E-state index is 0.174. The summed E-state index contributed by atoms with van der Waals surface area (Å²) in [6, 6.07) is 11.7. The molecular formula is C13H8BrFINO. The molecule has 92 valence electrons. The summed E-state index contributed by atoms with van der Waals surface area (Å²) in [5.41, 5.74) is 0.949. The highest BCUT2D eigenvalue weighted by Gasteiger charge is 2.12. The SMILES string of the molecule is O=C(Nc1ccc(I)cc1)c1cccc(F)c1Br. The monoisotopic (exact) mass is 419 g/mol. The van der Waals surface area contributed by atoms with Crippen LogP contribution in [0.1, 0.15) is 10.4 Å². The van der Waals surface area contributed by atoms with Gasteiger partial charge in [-0.15, -0.1) is 0 Å². The minimum Gasteiger partial charge on any atom is -0.322 e. The maximum absolute atomic E-state index is 13.3. The lowest BCUT2D eigenvalue weighted by atomic mass is 10.2. The molecule has 0 saturated carbocycles. The lowest BCUT2D eigenvalue weighted by Crippen LogP contribution is -2.13. The molecule has 0 radical (unpaired) electrons. The molecule has 0 aromatic heterocycles. The van der Waals surface area contributed by atoms with Crippen molar-refractivity contribution < 1.29 is 9.18 Å². The van der Waals surface area contributed by atoms with Gasteiger partial charge in [0, 0.05) is 9.26 Å². The summed E-state index contributed by atoms with van der Waals surface area (Å²) < 4.78 is 14.6. The first kappa shape index (κ1) is 13.5. The molecule has 0 bridgehead atoms. The highest BCUT2D eigenvalue weighted by molar-refractivity contribution is 14.1. The van der Waals surface area contributed by atoms with Gasteiger partial charge in [-0.3, -0.25) is 4.79 Å². The van der Waals surface area contributed by atoms with E-state index in [1.54, 1.807) is 18.2 Å². The molecule has 0 spiro atoms. The lowest BCUT2D eigenvalue weighted by Gasteiger charge is -2.07. The van der Waals surface area contributed by atoms with E-state index in [9.17, 15) is 9.18 Å². The van der Waals surface area contributed by atoms with Crippen molar-refractivity contribution in [1.29, 1.82) is 0 Å². The van der Waals surface area contributed by atoms with Gasteiger partial charge in [-0.1, -0.05) is 6.07 Å². The molecule has 18 heavy (non-hydrogen) atoms. The van der Waals surface area contributed by atoms with E-state index in [0.29, 0.717) is 5.69 Å². The Labute approximate surface area is 126 Å². The van der Waals surface area contributed by atoms with Gasteiger partial charge in [-0.25, -0.2) is 4.39 Å². The summed E-state index contributed by atoms with van der Waals surface area (Å²) in [5, 5.41) is 2.71. The van der Waals surface area contributed by atoms with Crippen LogP contribution in [0.2, 0.25) is 0 Å². The van der Waals surface area contributed by atoms with Gasteiger partial charge in [0.2, 0.25) is 0 Å². The van der Waals surface area contributed by atoms with E-state index in [1.165, 1.54) is 12.1 Å². The number of nitrogens with one attached hydrogen (secondary N) is 1. The molecule has 0 saturated heterocycles. The molecule has 2 rings (SSSR count). The van der Waals surface area contributed by atoms with Crippen LogP contribution in [0.4, 0.5) is 10.1 Å². The van der Waals surface area contributed by atoms with Crippen molar-refractivity contribution in [1.82, 2.24) is 0 Å². The van der Waals surface area contributed by atoms with E-state index in [-0.39, 0.29) is 15.9 Å². The minimum atomic E-state index is -0.453. The van der Waals surface area contributed by atoms with Crippen molar-refractivity contribution in [2.45, 2.75) is 0 Å². The lowest BCUT2D eigenvalue weighted by molar-refractivity contribution is 0.102. The summed E-state index contributed by atoms with van der Waals surface area (Å²) in [4.78, 5) is 12.0. The summed E-state index contributed by atoms with van der Waals surface area (Å²) in [7, 11) is 0. The Kier molecular flexibility index (Phi) is 4.34. The third-order valence-corrected chi connectivity index (χ3v) is 3.82. The fraction of sp³-hybridized carbons (Fsp3) is 0. The van der Waals surface area contributed by atoms with Crippen LogP contribution < -0.4 is 5.32 Å². The van der Waals surface area contributed by atoms with E-state index < -0.39 is 5.82 Å². The highest BCUT2D eigenvalue weighted by atomic mass is 127. The zero-order valence-corrected chi connectivity index (χ0v) is 12.8. The number of hydrogen-bond acceptors (Lipinski definition) is 1. The number of carbonyl (C=O) groups excluding carboxylic acids is 1. The highest BCUT2D eigenvalue weighted by Crippen LogP contribution is 2.21. The van der Waals surface area contributed by atoms with Gasteiger partial charge in [0.15, 0.2) is 0 Å². The van der Waals surface area contributed by atoms with E-state index >= 15 is 0 Å². The van der Waals surface area contributed by atoms with Gasteiger partial charge in [0.25, 0.3) is 5.91 Å². The number of amides is 1. The van der Waals surface area contributed by atoms with E-state index in [1.807, 2.05) is 12.1 Å². The van der Waals surface area contributed by atoms with Crippen molar-refractivity contribution in [3.63, 3.8) is 0 Å². The predicted octanol–water partition coefficient (Wildman–Crippen LogP) is 4.45. The van der Waals surface area contributed by atoms with E-state index in [4.69, 9.17) is 0 Å². The first-order valence-corrected chi connectivity index (χ1v) is 6.96. The molecule has 2 aromatic rings. The number of benzene rings is 2. The Hall–Kier alpha value is -0.950. The first-order chi connectivity index (χ1) is 8.58. The molecular weight excluding hydrogens is 412 g/mol. The summed E-state index contributed by atoms with van der Waals surface area (Å²) in [6.45, 7) is 0. The molecule has 0 unspecified atom stereocenters. The molecule has 5 heteroatoms. The standard InChI is InChI=1S/C13H8BrFINO/c14-12-10(2-1-3-11(12)15)13(18)17-9-6-4-8(16)5-7-9/h1-7H,(H,17,18). The Morgan fingerprint density at radius 1 is 1.17 bits per heavy atom. The Balaban J connectivity index is 2.22. The molecule has 1 N–H and O–H groups in total. The van der Waals surface area contributed by atoms with Crippen molar-refractivity contribution in [2.24, 2.45) is 0 Å². The molecule has 0 fully saturated rings. The van der Waals surface area contributed by atoms with Crippen molar-refractivity contribution in [3.8, 4) is 0 Å². The number of hydrogen-bond donors (Lipinski definition) is 1. The van der Waals surface area contributed by atoms with E-state index in [2.05, 4.69) is 43.8 Å². The first-order valence-electron chi connectivity index (χ1n) is 5.09. The number of rotatable bonds is 2. The molecule has 0 aliphatic carbocycles. The second kappa shape index (κ2) is 5.79. The van der Waals surface area contributed by atoms with Crippen molar-refractivity contribution in [2.75, 3.05) is 5.32 Å². The maximum atomic E-state index is 13.3. The number of carbonyl (C=O) groups is 1. The van der Waals surface area contributed by atoms with Crippen molar-refractivity contribution in [3.05, 3.63) is 61.9 Å². The Morgan fingerprint density at radius 2 is 1.83 bits per heavy atom. The zero-order valence-electron chi connectivity index (χ0n) is 9.08. The normalized spacial score (nSPS) is 10.2. The molecule has 0 heterocycles. The fourth-order valence-corrected chi connectivity index (χ4v) is 2.21. The van der Waals surface area contributed by atoms with Gasteiger partial charge in [-0.2, -0.15) is 0 Å². The second-order valence-electron chi connectivity index (χ2n) is 3.56. The topological polar surface area (TPSA) is 29.1 Å². The average molecular weight is 420 g/mol. The molecule has 0 atom stereocenters. The summed E-state index contributed by atoms with van der Waals surface area (Å²) in [6.07, 6.45) is 0. The van der Waals surface area contributed by atoms with Gasteiger partial charge in [0.05, 0.1) is 10.0 Å². The smallest absolute Gasteiger partial charge is 0.256 e. The van der Waals surface area contributed by atoms with Crippen LogP contribution in [-0.2, 0) is 0 Å². The quantitative estimate of drug-likeness (QED) is 0.716. The largest absolute Gasteiger partial charge is 0.322 e. The third-order valence-electron chi connectivity index (χ3n) is 2.30. The second-order valence-corrected chi connectivity index (χ2v) is 5.60. The fourth-order valence-electron chi connectivity index (χ4n) is 1.41. The van der Waals surface area contributed by atoms with Gasteiger partial charge in [-0.05, 0) is 74.9 Å². The van der Waals surface area contributed by atoms with Crippen LogP contribution in [0, 0.1) is 9.39 Å². The van der Waals surface area contributed by atoms with Crippen LogP contribution in [0.5, 0.6) is 0 Å². The Bertz CT molecular complexity index is 586. The molecule has 1 amide bonds. The summed E-state index contributed by atoms with van der Waals surface area (Å²) >= 11 is 5.25. The molecule has 0 aliphatic heterocycles. The van der Waals surface area contributed by atoms with Crippen molar-refractivity contribution >= 4 is 50.1 Å². The van der Waals surface area contributed by atoms with Gasteiger partial charge in [0.1, 0.15) is 5.82 Å². The number of anilines is 1. The van der Waals surface area contributed by atoms with Crippen LogP contribution in [0.3, 0.4) is 0 Å². The maximum Gasteiger partial charge on any atom is 0.256 e. The number of halogens is 3. The van der Waals surface area contributed by atoms with Crippen LogP contribution >= 0.6 is 38.5 Å². The van der Waals surface area contributed by atoms with Crippen LogP contribution in [0.25, 0.3) is 0 Å². The molecule has 2 nitrogen and oxygen atoms in total. The third kappa shape index (κ3) is 3.08. The zero-order chi connectivity index (χ0) is 13.1. The van der Waals surface area contributed by atoms with E-state index in [0.717, 1.165) is 3.57 Å². The Morgan fingerprint density at radius 3 is 2.50 bits per heavy atom. The molecule has 0 aliphatic rings. The molecule has 2 aromatic carbocycles. The van der Waals surface area contributed by atoms with Gasteiger partial charge >= 0.3 is 0 Å².